The van der Waals surface area contributed by atoms with Gasteiger partial charge in [-0.2, -0.15) is 4.31 Å². The molecule has 1 N–H and O–H groups in total. The second-order valence-electron chi connectivity index (χ2n) is 8.21. The molecule has 4 rings (SSSR count). The summed E-state index contributed by atoms with van der Waals surface area (Å²) in [5.41, 5.74) is 3.82. The quantitative estimate of drug-likeness (QED) is 0.601. The van der Waals surface area contributed by atoms with Gasteiger partial charge in [0.1, 0.15) is 5.01 Å². The van der Waals surface area contributed by atoms with E-state index in [2.05, 4.69) is 15.5 Å². The monoisotopic (exact) mass is 470 g/mol. The zero-order valence-corrected chi connectivity index (χ0v) is 20.0. The third-order valence-corrected chi connectivity index (χ3v) is 8.74. The number of hydrogen-bond donors (Lipinski definition) is 1. The van der Waals surface area contributed by atoms with E-state index in [1.165, 1.54) is 15.6 Å². The fourth-order valence-electron chi connectivity index (χ4n) is 3.70. The van der Waals surface area contributed by atoms with E-state index in [0.29, 0.717) is 28.7 Å². The van der Waals surface area contributed by atoms with Crippen LogP contribution in [0.1, 0.15) is 50.3 Å². The Bertz CT molecular complexity index is 1240. The van der Waals surface area contributed by atoms with Crippen molar-refractivity contribution >= 4 is 33.0 Å². The molecule has 1 amide bonds. The van der Waals surface area contributed by atoms with Gasteiger partial charge in [-0.15, -0.1) is 10.2 Å². The molecule has 7 nitrogen and oxygen atoms in total. The molecule has 0 bridgehead atoms. The second-order valence-corrected chi connectivity index (χ2v) is 11.2. The largest absolute Gasteiger partial charge is 0.320 e. The molecule has 0 saturated carbocycles. The van der Waals surface area contributed by atoms with Crippen molar-refractivity contribution in [2.75, 3.05) is 18.4 Å². The standard InChI is InChI=1S/C23H26N4O3S2/c1-15-6-9-19(10-7-15)24-21(28)23-26-25-22(31-23)18-5-4-12-27(14-18)32(29,30)20-11-8-16(2)17(3)13-20/h6-11,13,18H,4-5,12,14H2,1-3H3,(H,24,28)/t18-/m1/s1. The van der Waals surface area contributed by atoms with Crippen molar-refractivity contribution in [1.29, 1.82) is 0 Å². The highest BCUT2D eigenvalue weighted by Crippen LogP contribution is 2.32. The van der Waals surface area contributed by atoms with Crippen LogP contribution >= 0.6 is 11.3 Å². The normalized spacial score (nSPS) is 17.3. The zero-order valence-electron chi connectivity index (χ0n) is 18.3. The molecule has 1 atom stereocenters. The highest BCUT2D eigenvalue weighted by molar-refractivity contribution is 7.89. The predicted molar refractivity (Wildman–Crippen MR) is 126 cm³/mol. The van der Waals surface area contributed by atoms with E-state index in [9.17, 15) is 13.2 Å². The minimum atomic E-state index is -3.59. The van der Waals surface area contributed by atoms with Crippen LogP contribution in [0.15, 0.2) is 47.4 Å². The maximum Gasteiger partial charge on any atom is 0.286 e. The van der Waals surface area contributed by atoms with Crippen molar-refractivity contribution in [1.82, 2.24) is 14.5 Å². The summed E-state index contributed by atoms with van der Waals surface area (Å²) in [6.07, 6.45) is 1.55. The summed E-state index contributed by atoms with van der Waals surface area (Å²) in [7, 11) is -3.59. The molecule has 168 valence electrons. The Kier molecular flexibility index (Phi) is 6.41. The van der Waals surface area contributed by atoms with Crippen LogP contribution in [0.3, 0.4) is 0 Å². The SMILES string of the molecule is Cc1ccc(NC(=O)c2nnc([C@@H]3CCCN(S(=O)(=O)c4ccc(C)c(C)c4)C3)s2)cc1. The van der Waals surface area contributed by atoms with Crippen LogP contribution < -0.4 is 5.32 Å². The first-order chi connectivity index (χ1) is 15.2. The molecule has 0 spiro atoms. The van der Waals surface area contributed by atoms with Crippen molar-refractivity contribution < 1.29 is 13.2 Å². The molecule has 0 unspecified atom stereocenters. The van der Waals surface area contributed by atoms with E-state index in [1.807, 2.05) is 51.1 Å². The summed E-state index contributed by atoms with van der Waals surface area (Å²) < 4.78 is 27.9. The molecular weight excluding hydrogens is 444 g/mol. The fourth-order valence-corrected chi connectivity index (χ4v) is 6.17. The molecule has 1 fully saturated rings. The second kappa shape index (κ2) is 9.09. The summed E-state index contributed by atoms with van der Waals surface area (Å²) in [5, 5.41) is 12.1. The Morgan fingerprint density at radius 3 is 2.53 bits per heavy atom. The number of nitrogens with zero attached hydrogens (tertiary/aromatic N) is 3. The van der Waals surface area contributed by atoms with E-state index in [1.54, 1.807) is 12.1 Å². The van der Waals surface area contributed by atoms with E-state index in [-0.39, 0.29) is 16.8 Å². The Hall–Kier alpha value is -2.62. The van der Waals surface area contributed by atoms with Crippen molar-refractivity contribution in [3.63, 3.8) is 0 Å². The van der Waals surface area contributed by atoms with Gasteiger partial charge in [0.25, 0.3) is 5.91 Å². The van der Waals surface area contributed by atoms with Crippen molar-refractivity contribution in [3.05, 3.63) is 69.2 Å². The van der Waals surface area contributed by atoms with Gasteiger partial charge < -0.3 is 5.32 Å². The molecule has 3 aromatic rings. The number of aromatic nitrogens is 2. The lowest BCUT2D eigenvalue weighted by molar-refractivity contribution is 0.102. The van der Waals surface area contributed by atoms with Gasteiger partial charge in [-0.3, -0.25) is 4.79 Å². The van der Waals surface area contributed by atoms with Gasteiger partial charge in [0, 0.05) is 24.7 Å². The van der Waals surface area contributed by atoms with Crippen LogP contribution in [0, 0.1) is 20.8 Å². The Labute approximate surface area is 192 Å². The molecule has 9 heteroatoms. The number of benzene rings is 2. The van der Waals surface area contributed by atoms with Crippen molar-refractivity contribution in [2.45, 2.75) is 44.4 Å². The Morgan fingerprint density at radius 1 is 1.06 bits per heavy atom. The lowest BCUT2D eigenvalue weighted by Crippen LogP contribution is -2.39. The number of nitrogens with one attached hydrogen (secondary N) is 1. The van der Waals surface area contributed by atoms with Gasteiger partial charge in [0.15, 0.2) is 0 Å². The van der Waals surface area contributed by atoms with Crippen LogP contribution in [0.5, 0.6) is 0 Å². The minimum Gasteiger partial charge on any atom is -0.320 e. The van der Waals surface area contributed by atoms with Gasteiger partial charge in [0.05, 0.1) is 4.90 Å². The van der Waals surface area contributed by atoms with Gasteiger partial charge >= 0.3 is 0 Å². The first-order valence-corrected chi connectivity index (χ1v) is 12.8. The maximum atomic E-state index is 13.2. The Morgan fingerprint density at radius 2 is 1.81 bits per heavy atom. The number of carbonyl (C=O) groups is 1. The molecule has 2 aromatic carbocycles. The molecule has 1 aromatic heterocycles. The lowest BCUT2D eigenvalue weighted by Gasteiger charge is -2.30. The first-order valence-electron chi connectivity index (χ1n) is 10.5. The average molecular weight is 471 g/mol. The van der Waals surface area contributed by atoms with Gasteiger partial charge in [-0.1, -0.05) is 35.1 Å². The molecular formula is C23H26N4O3S2. The van der Waals surface area contributed by atoms with E-state index < -0.39 is 10.0 Å². The minimum absolute atomic E-state index is 0.0801. The zero-order chi connectivity index (χ0) is 22.9. The number of carbonyl (C=O) groups excluding carboxylic acids is 1. The van der Waals surface area contributed by atoms with Gasteiger partial charge in [0.2, 0.25) is 15.0 Å². The predicted octanol–water partition coefficient (Wildman–Crippen LogP) is 4.28. The summed E-state index contributed by atoms with van der Waals surface area (Å²) in [6, 6.07) is 12.8. The van der Waals surface area contributed by atoms with Crippen LogP contribution in [0.4, 0.5) is 5.69 Å². The van der Waals surface area contributed by atoms with Crippen LogP contribution in [-0.2, 0) is 10.0 Å². The summed E-state index contributed by atoms with van der Waals surface area (Å²) >= 11 is 1.23. The molecule has 1 saturated heterocycles. The molecule has 0 radical (unpaired) electrons. The summed E-state index contributed by atoms with van der Waals surface area (Å²) in [6.45, 7) is 6.67. The van der Waals surface area contributed by atoms with Crippen LogP contribution in [0.2, 0.25) is 0 Å². The topological polar surface area (TPSA) is 92.3 Å². The number of piperidine rings is 1. The molecule has 32 heavy (non-hydrogen) atoms. The number of rotatable bonds is 5. The average Bonchev–Trinajstić information content (AvgIpc) is 3.28. The lowest BCUT2D eigenvalue weighted by atomic mass is 10.0. The highest BCUT2D eigenvalue weighted by Gasteiger charge is 2.33. The highest BCUT2D eigenvalue weighted by atomic mass is 32.2. The number of hydrogen-bond acceptors (Lipinski definition) is 6. The number of amides is 1. The first kappa shape index (κ1) is 22.6. The van der Waals surface area contributed by atoms with E-state index in [0.717, 1.165) is 29.5 Å². The van der Waals surface area contributed by atoms with Gasteiger partial charge in [-0.05, 0) is 69.0 Å². The molecule has 1 aliphatic rings. The van der Waals surface area contributed by atoms with Crippen molar-refractivity contribution in [3.8, 4) is 0 Å². The third-order valence-electron chi connectivity index (χ3n) is 5.79. The number of sulfonamides is 1. The number of anilines is 1. The van der Waals surface area contributed by atoms with Crippen LogP contribution in [-0.4, -0.2) is 41.9 Å². The fraction of sp³-hybridized carbons (Fsp3) is 0.348. The molecule has 1 aliphatic heterocycles. The molecule has 2 heterocycles. The third kappa shape index (κ3) is 4.74. The van der Waals surface area contributed by atoms with E-state index in [4.69, 9.17) is 0 Å². The van der Waals surface area contributed by atoms with Crippen LogP contribution in [0.25, 0.3) is 0 Å². The molecule has 0 aliphatic carbocycles. The summed E-state index contributed by atoms with van der Waals surface area (Å²) in [4.78, 5) is 12.9. The Balaban J connectivity index is 1.48. The summed E-state index contributed by atoms with van der Waals surface area (Å²) in [5.74, 6) is -0.392. The number of aryl methyl sites for hydroxylation is 3. The maximum absolute atomic E-state index is 13.2. The van der Waals surface area contributed by atoms with E-state index >= 15 is 0 Å². The van der Waals surface area contributed by atoms with Gasteiger partial charge in [-0.25, -0.2) is 8.42 Å². The smallest absolute Gasteiger partial charge is 0.286 e. The van der Waals surface area contributed by atoms with Crippen molar-refractivity contribution in [2.24, 2.45) is 0 Å².